The summed E-state index contributed by atoms with van der Waals surface area (Å²) < 4.78 is 0. The van der Waals surface area contributed by atoms with Crippen LogP contribution in [0.5, 0.6) is 0 Å². The molecule has 0 fully saturated rings. The van der Waals surface area contributed by atoms with E-state index in [4.69, 9.17) is 10.2 Å². The minimum Gasteiger partial charge on any atom is -0.477 e. The Labute approximate surface area is 101 Å². The maximum atomic E-state index is 10.7. The molecule has 1 rings (SSSR count). The first-order valence-corrected chi connectivity index (χ1v) is 5.67. The predicted molar refractivity (Wildman–Crippen MR) is 65.2 cm³/mol. The van der Waals surface area contributed by atoms with Gasteiger partial charge in [0.2, 0.25) is 0 Å². The van der Waals surface area contributed by atoms with Crippen molar-refractivity contribution in [2.24, 2.45) is 5.92 Å². The van der Waals surface area contributed by atoms with Gasteiger partial charge in [-0.1, -0.05) is 6.92 Å². The highest BCUT2D eigenvalue weighted by Gasteiger charge is 2.04. The lowest BCUT2D eigenvalue weighted by atomic mass is 10.1. The van der Waals surface area contributed by atoms with Crippen LogP contribution in [0, 0.1) is 5.92 Å². The molecule has 5 heteroatoms. The molecule has 3 N–H and O–H groups in total. The van der Waals surface area contributed by atoms with E-state index in [0.717, 1.165) is 25.1 Å². The zero-order valence-corrected chi connectivity index (χ0v) is 9.89. The summed E-state index contributed by atoms with van der Waals surface area (Å²) in [5, 5.41) is 20.8. The number of rotatable bonds is 7. The molecule has 0 radical (unpaired) electrons. The van der Waals surface area contributed by atoms with E-state index in [9.17, 15) is 4.79 Å². The normalized spacial score (nSPS) is 12.1. The number of hydrogen-bond acceptors (Lipinski definition) is 4. The number of hydrogen-bond donors (Lipinski definition) is 3. The van der Waals surface area contributed by atoms with Crippen molar-refractivity contribution < 1.29 is 15.0 Å². The fourth-order valence-corrected chi connectivity index (χ4v) is 1.43. The Balaban J connectivity index is 2.36. The summed E-state index contributed by atoms with van der Waals surface area (Å²) in [6, 6.07) is 3.25. The maximum Gasteiger partial charge on any atom is 0.354 e. The molecule has 0 saturated carbocycles. The van der Waals surface area contributed by atoms with E-state index in [1.54, 1.807) is 6.07 Å². The van der Waals surface area contributed by atoms with Crippen molar-refractivity contribution in [3.8, 4) is 0 Å². The molecule has 1 aromatic rings. The van der Waals surface area contributed by atoms with Crippen molar-refractivity contribution in [3.63, 3.8) is 0 Å². The molecule has 0 spiro atoms. The van der Waals surface area contributed by atoms with Gasteiger partial charge in [-0.3, -0.25) is 0 Å². The van der Waals surface area contributed by atoms with E-state index in [2.05, 4.69) is 10.3 Å². The number of carboxylic acid groups (broad SMARTS) is 1. The number of carbonyl (C=O) groups is 1. The zero-order chi connectivity index (χ0) is 12.7. The van der Waals surface area contributed by atoms with Crippen molar-refractivity contribution in [1.29, 1.82) is 0 Å². The first-order valence-electron chi connectivity index (χ1n) is 5.67. The molecule has 17 heavy (non-hydrogen) atoms. The summed E-state index contributed by atoms with van der Waals surface area (Å²) in [5.41, 5.74) is 0.799. The fraction of sp³-hybridized carbons (Fsp3) is 0.500. The van der Waals surface area contributed by atoms with Gasteiger partial charge >= 0.3 is 5.97 Å². The second-order valence-electron chi connectivity index (χ2n) is 4.09. The van der Waals surface area contributed by atoms with Crippen LogP contribution in [-0.4, -0.2) is 34.3 Å². The highest BCUT2D eigenvalue weighted by atomic mass is 16.4. The van der Waals surface area contributed by atoms with Crippen LogP contribution in [-0.2, 0) is 0 Å². The quantitative estimate of drug-likeness (QED) is 0.628. The van der Waals surface area contributed by atoms with Gasteiger partial charge in [-0.25, -0.2) is 9.78 Å². The topological polar surface area (TPSA) is 82.5 Å². The molecule has 0 saturated heterocycles. The molecular formula is C12H18N2O3. The average molecular weight is 238 g/mol. The first kappa shape index (κ1) is 13.4. The summed E-state index contributed by atoms with van der Waals surface area (Å²) >= 11 is 0. The number of nitrogens with zero attached hydrogens (tertiary/aromatic N) is 1. The van der Waals surface area contributed by atoms with Crippen LogP contribution in [0.1, 0.15) is 30.3 Å². The Morgan fingerprint density at radius 2 is 2.35 bits per heavy atom. The van der Waals surface area contributed by atoms with E-state index in [0.29, 0.717) is 5.92 Å². The van der Waals surface area contributed by atoms with Crippen LogP contribution in [0.2, 0.25) is 0 Å². The molecule has 1 aromatic heterocycles. The number of aliphatic hydroxyl groups is 1. The van der Waals surface area contributed by atoms with E-state index < -0.39 is 5.97 Å². The van der Waals surface area contributed by atoms with Crippen LogP contribution in [0.3, 0.4) is 0 Å². The monoisotopic (exact) mass is 238 g/mol. The standard InChI is InChI=1S/C12H18N2O3/c1-9(8-15)3-2-5-13-10-4-6-14-11(7-10)12(16)17/h4,6-7,9,15H,2-3,5,8H2,1H3,(H,13,14)(H,16,17). The van der Waals surface area contributed by atoms with E-state index >= 15 is 0 Å². The number of aromatic nitrogens is 1. The molecule has 0 aromatic carbocycles. The number of anilines is 1. The Hall–Kier alpha value is -1.62. The number of pyridine rings is 1. The molecular weight excluding hydrogens is 220 g/mol. The Bertz CT molecular complexity index is 369. The van der Waals surface area contributed by atoms with Crippen molar-refractivity contribution in [2.45, 2.75) is 19.8 Å². The molecule has 94 valence electrons. The van der Waals surface area contributed by atoms with E-state index in [1.165, 1.54) is 12.3 Å². The van der Waals surface area contributed by atoms with Gasteiger partial charge in [0.05, 0.1) is 0 Å². The van der Waals surface area contributed by atoms with Crippen molar-refractivity contribution in [1.82, 2.24) is 4.98 Å². The van der Waals surface area contributed by atoms with Crippen LogP contribution >= 0.6 is 0 Å². The third-order valence-electron chi connectivity index (χ3n) is 2.49. The van der Waals surface area contributed by atoms with Crippen LogP contribution in [0.25, 0.3) is 0 Å². The van der Waals surface area contributed by atoms with E-state index in [1.807, 2.05) is 6.92 Å². The summed E-state index contributed by atoms with van der Waals surface area (Å²) in [5.74, 6) is -0.716. The lowest BCUT2D eigenvalue weighted by Crippen LogP contribution is -2.07. The predicted octanol–water partition coefficient (Wildman–Crippen LogP) is 1.60. The summed E-state index contributed by atoms with van der Waals surface area (Å²) in [6.45, 7) is 2.96. The molecule has 0 amide bonds. The highest BCUT2D eigenvalue weighted by Crippen LogP contribution is 2.09. The average Bonchev–Trinajstić information content (AvgIpc) is 2.34. The smallest absolute Gasteiger partial charge is 0.354 e. The van der Waals surface area contributed by atoms with Gasteiger partial charge in [-0.2, -0.15) is 0 Å². The van der Waals surface area contributed by atoms with Gasteiger partial charge in [0.25, 0.3) is 0 Å². The van der Waals surface area contributed by atoms with Crippen molar-refractivity contribution in [3.05, 3.63) is 24.0 Å². The summed E-state index contributed by atoms with van der Waals surface area (Å²) in [4.78, 5) is 14.4. The Morgan fingerprint density at radius 1 is 1.59 bits per heavy atom. The minimum absolute atomic E-state index is 0.0405. The molecule has 1 heterocycles. The molecule has 0 aliphatic carbocycles. The molecule has 1 unspecified atom stereocenters. The van der Waals surface area contributed by atoms with Gasteiger partial charge in [-0.05, 0) is 30.9 Å². The Kier molecular flexibility index (Phi) is 5.42. The van der Waals surface area contributed by atoms with Gasteiger partial charge < -0.3 is 15.5 Å². The van der Waals surface area contributed by atoms with Crippen LogP contribution < -0.4 is 5.32 Å². The van der Waals surface area contributed by atoms with Crippen LogP contribution in [0.15, 0.2) is 18.3 Å². The third kappa shape index (κ3) is 4.82. The molecule has 5 nitrogen and oxygen atoms in total. The molecule has 0 aliphatic heterocycles. The summed E-state index contributed by atoms with van der Waals surface area (Å²) in [6.07, 6.45) is 3.36. The number of nitrogens with one attached hydrogen (secondary N) is 1. The molecule has 1 atom stereocenters. The second kappa shape index (κ2) is 6.85. The largest absolute Gasteiger partial charge is 0.477 e. The number of aromatic carboxylic acids is 1. The van der Waals surface area contributed by atoms with Gasteiger partial charge in [0.1, 0.15) is 5.69 Å². The second-order valence-corrected chi connectivity index (χ2v) is 4.09. The maximum absolute atomic E-state index is 10.7. The third-order valence-corrected chi connectivity index (χ3v) is 2.49. The lowest BCUT2D eigenvalue weighted by molar-refractivity contribution is 0.0690. The molecule has 0 aliphatic rings. The fourth-order valence-electron chi connectivity index (χ4n) is 1.43. The zero-order valence-electron chi connectivity index (χ0n) is 9.89. The number of aliphatic hydroxyl groups excluding tert-OH is 1. The SMILES string of the molecule is CC(CO)CCCNc1ccnc(C(=O)O)c1. The number of carboxylic acids is 1. The Morgan fingerprint density at radius 3 is 3.00 bits per heavy atom. The van der Waals surface area contributed by atoms with Crippen molar-refractivity contribution >= 4 is 11.7 Å². The van der Waals surface area contributed by atoms with Gasteiger partial charge in [-0.15, -0.1) is 0 Å². The van der Waals surface area contributed by atoms with Gasteiger partial charge in [0.15, 0.2) is 0 Å². The highest BCUT2D eigenvalue weighted by molar-refractivity contribution is 5.86. The van der Waals surface area contributed by atoms with Crippen molar-refractivity contribution in [2.75, 3.05) is 18.5 Å². The van der Waals surface area contributed by atoms with Crippen LogP contribution in [0.4, 0.5) is 5.69 Å². The molecule has 0 bridgehead atoms. The summed E-state index contributed by atoms with van der Waals surface area (Å²) in [7, 11) is 0. The minimum atomic E-state index is -1.03. The van der Waals surface area contributed by atoms with Gasteiger partial charge in [0, 0.05) is 25.0 Å². The first-order chi connectivity index (χ1) is 8.13. The van der Waals surface area contributed by atoms with E-state index in [-0.39, 0.29) is 12.3 Å². The lowest BCUT2D eigenvalue weighted by Gasteiger charge is -2.09.